The van der Waals surface area contributed by atoms with Gasteiger partial charge in [-0.3, -0.25) is 4.79 Å². The van der Waals surface area contributed by atoms with Crippen molar-refractivity contribution in [3.8, 4) is 5.75 Å². The summed E-state index contributed by atoms with van der Waals surface area (Å²) in [5, 5.41) is 10.6. The van der Waals surface area contributed by atoms with Crippen LogP contribution in [0.4, 0.5) is 0 Å². The van der Waals surface area contributed by atoms with E-state index in [-0.39, 0.29) is 17.1 Å². The summed E-state index contributed by atoms with van der Waals surface area (Å²) in [7, 11) is 0. The van der Waals surface area contributed by atoms with Crippen LogP contribution in [0.3, 0.4) is 0 Å². The first-order chi connectivity index (χ1) is 11.1. The van der Waals surface area contributed by atoms with Gasteiger partial charge in [-0.15, -0.1) is 6.58 Å². The third kappa shape index (κ3) is 2.24. The molecule has 0 fully saturated rings. The molecule has 0 heterocycles. The van der Waals surface area contributed by atoms with Gasteiger partial charge in [0, 0.05) is 11.1 Å². The van der Waals surface area contributed by atoms with E-state index in [1.54, 1.807) is 24.3 Å². The van der Waals surface area contributed by atoms with E-state index in [0.717, 1.165) is 5.56 Å². The van der Waals surface area contributed by atoms with Gasteiger partial charge < -0.3 is 9.84 Å². The lowest BCUT2D eigenvalue weighted by molar-refractivity contribution is -0.117. The Morgan fingerprint density at radius 2 is 2.17 bits per heavy atom. The number of fused-ring (bicyclic) bond motifs is 3. The van der Waals surface area contributed by atoms with Crippen molar-refractivity contribution in [1.29, 1.82) is 0 Å². The molecule has 0 saturated heterocycles. The average molecular weight is 308 g/mol. The average Bonchev–Trinajstić information content (AvgIpc) is 2.81. The number of aliphatic hydroxyl groups is 1. The third-order valence-electron chi connectivity index (χ3n) is 4.11. The SMILES string of the molecule is C=CCC1C(=O)C=C2C(=C(O)c3cc(OCC)ccc32)C1=C=O. The van der Waals surface area contributed by atoms with E-state index in [9.17, 15) is 14.7 Å². The summed E-state index contributed by atoms with van der Waals surface area (Å²) in [6.45, 7) is 6.01. The van der Waals surface area contributed by atoms with Crippen molar-refractivity contribution in [2.45, 2.75) is 13.3 Å². The molecule has 1 aromatic carbocycles. The van der Waals surface area contributed by atoms with Crippen molar-refractivity contribution in [2.24, 2.45) is 5.92 Å². The van der Waals surface area contributed by atoms with Gasteiger partial charge >= 0.3 is 0 Å². The van der Waals surface area contributed by atoms with Crippen molar-refractivity contribution in [3.63, 3.8) is 0 Å². The Kier molecular flexibility index (Phi) is 3.77. The minimum Gasteiger partial charge on any atom is -0.507 e. The molecule has 2 aliphatic rings. The molecule has 2 aliphatic carbocycles. The van der Waals surface area contributed by atoms with Gasteiger partial charge in [0.2, 0.25) is 0 Å². The number of ether oxygens (including phenoxy) is 1. The molecule has 0 aliphatic heterocycles. The van der Waals surface area contributed by atoms with E-state index >= 15 is 0 Å². The Hall–Kier alpha value is -2.84. The normalized spacial score (nSPS) is 19.0. The van der Waals surface area contributed by atoms with Gasteiger partial charge in [0.25, 0.3) is 0 Å². The molecule has 116 valence electrons. The zero-order valence-corrected chi connectivity index (χ0v) is 12.8. The van der Waals surface area contributed by atoms with E-state index in [1.807, 2.05) is 12.9 Å². The van der Waals surface area contributed by atoms with Gasteiger partial charge in [-0.25, -0.2) is 4.79 Å². The molecule has 0 spiro atoms. The standard InChI is InChI=1S/C19H16O4/c1-3-5-13-16(10-20)18-14(9-17(13)21)12-7-6-11(23-4-2)8-15(12)19(18)22/h3,6-9,13,22H,1,4-5H2,2H3. The number of hydrogen-bond donors (Lipinski definition) is 1. The first-order valence-electron chi connectivity index (χ1n) is 7.45. The Balaban J connectivity index is 2.20. The summed E-state index contributed by atoms with van der Waals surface area (Å²) >= 11 is 0. The van der Waals surface area contributed by atoms with Crippen molar-refractivity contribution >= 4 is 23.1 Å². The lowest BCUT2D eigenvalue weighted by Crippen LogP contribution is -2.21. The highest BCUT2D eigenvalue weighted by atomic mass is 16.5. The van der Waals surface area contributed by atoms with Crippen molar-refractivity contribution in [1.82, 2.24) is 0 Å². The number of carbonyl (C=O) groups is 1. The van der Waals surface area contributed by atoms with E-state index in [4.69, 9.17) is 4.74 Å². The molecule has 1 N–H and O–H groups in total. The van der Waals surface area contributed by atoms with Crippen LogP contribution in [-0.4, -0.2) is 23.4 Å². The van der Waals surface area contributed by atoms with Gasteiger partial charge in [-0.05, 0) is 48.8 Å². The van der Waals surface area contributed by atoms with Crippen LogP contribution in [0, 0.1) is 5.92 Å². The molecule has 3 rings (SSSR count). The number of rotatable bonds is 4. The molecular weight excluding hydrogens is 292 g/mol. The fourth-order valence-corrected chi connectivity index (χ4v) is 3.11. The monoisotopic (exact) mass is 308 g/mol. The van der Waals surface area contributed by atoms with E-state index < -0.39 is 5.92 Å². The molecule has 0 radical (unpaired) electrons. The summed E-state index contributed by atoms with van der Waals surface area (Å²) < 4.78 is 5.45. The summed E-state index contributed by atoms with van der Waals surface area (Å²) in [4.78, 5) is 23.8. The molecular formula is C19H16O4. The highest BCUT2D eigenvalue weighted by molar-refractivity contribution is 6.16. The van der Waals surface area contributed by atoms with Crippen molar-refractivity contribution < 1.29 is 19.4 Å². The Morgan fingerprint density at radius 1 is 1.39 bits per heavy atom. The second-order valence-corrected chi connectivity index (χ2v) is 5.42. The number of ketones is 1. The quantitative estimate of drug-likeness (QED) is 0.685. The topological polar surface area (TPSA) is 63.6 Å². The summed E-state index contributed by atoms with van der Waals surface area (Å²) in [5.41, 5.74) is 2.45. The van der Waals surface area contributed by atoms with Crippen LogP contribution in [-0.2, 0) is 9.59 Å². The molecule has 0 saturated carbocycles. The van der Waals surface area contributed by atoms with Crippen LogP contribution in [0.15, 0.2) is 48.1 Å². The fraction of sp³-hybridized carbons (Fsp3) is 0.211. The second kappa shape index (κ2) is 5.75. The van der Waals surface area contributed by atoms with Crippen LogP contribution in [0.25, 0.3) is 11.3 Å². The van der Waals surface area contributed by atoms with Crippen LogP contribution in [0.2, 0.25) is 0 Å². The predicted molar refractivity (Wildman–Crippen MR) is 87.7 cm³/mol. The maximum absolute atomic E-state index is 12.3. The maximum Gasteiger partial charge on any atom is 0.164 e. The van der Waals surface area contributed by atoms with E-state index in [0.29, 0.717) is 35.5 Å². The highest BCUT2D eigenvalue weighted by Gasteiger charge is 2.38. The lowest BCUT2D eigenvalue weighted by atomic mass is 9.79. The van der Waals surface area contributed by atoms with Crippen LogP contribution in [0.5, 0.6) is 5.75 Å². The van der Waals surface area contributed by atoms with Gasteiger partial charge in [0.05, 0.1) is 18.1 Å². The van der Waals surface area contributed by atoms with Gasteiger partial charge in [0.1, 0.15) is 17.5 Å². The molecule has 1 atom stereocenters. The molecule has 0 amide bonds. The number of aliphatic hydroxyl groups excluding tert-OH is 1. The van der Waals surface area contributed by atoms with Crippen molar-refractivity contribution in [2.75, 3.05) is 6.61 Å². The molecule has 4 nitrogen and oxygen atoms in total. The smallest absolute Gasteiger partial charge is 0.164 e. The lowest BCUT2D eigenvalue weighted by Gasteiger charge is -2.21. The number of allylic oxidation sites excluding steroid dienone is 5. The highest BCUT2D eigenvalue weighted by Crippen LogP contribution is 2.48. The van der Waals surface area contributed by atoms with E-state index in [1.165, 1.54) is 6.08 Å². The summed E-state index contributed by atoms with van der Waals surface area (Å²) in [5.74, 6) is 1.67. The molecule has 4 heteroatoms. The summed E-state index contributed by atoms with van der Waals surface area (Å²) in [6.07, 6.45) is 3.42. The van der Waals surface area contributed by atoms with Gasteiger partial charge in [-0.2, -0.15) is 0 Å². The zero-order valence-electron chi connectivity index (χ0n) is 12.8. The van der Waals surface area contributed by atoms with Crippen LogP contribution < -0.4 is 4.74 Å². The minimum absolute atomic E-state index is 0.00675. The predicted octanol–water partition coefficient (Wildman–Crippen LogP) is 3.28. The van der Waals surface area contributed by atoms with E-state index in [2.05, 4.69) is 6.58 Å². The third-order valence-corrected chi connectivity index (χ3v) is 4.11. The Labute approximate surface area is 134 Å². The molecule has 0 aromatic heterocycles. The second-order valence-electron chi connectivity index (χ2n) is 5.42. The van der Waals surface area contributed by atoms with Crippen LogP contribution >= 0.6 is 0 Å². The Morgan fingerprint density at radius 3 is 2.83 bits per heavy atom. The minimum atomic E-state index is -0.633. The maximum atomic E-state index is 12.3. The first kappa shape index (κ1) is 15.1. The summed E-state index contributed by atoms with van der Waals surface area (Å²) in [6, 6.07) is 5.29. The van der Waals surface area contributed by atoms with Gasteiger partial charge in [0.15, 0.2) is 5.78 Å². The fourth-order valence-electron chi connectivity index (χ4n) is 3.11. The molecule has 1 aromatic rings. The largest absolute Gasteiger partial charge is 0.507 e. The first-order valence-corrected chi connectivity index (χ1v) is 7.45. The Bertz CT molecular complexity index is 820. The van der Waals surface area contributed by atoms with Crippen molar-refractivity contribution in [3.05, 3.63) is 59.2 Å². The zero-order chi connectivity index (χ0) is 16.6. The molecule has 1 unspecified atom stereocenters. The van der Waals surface area contributed by atoms with Crippen LogP contribution in [0.1, 0.15) is 24.5 Å². The number of hydrogen-bond acceptors (Lipinski definition) is 4. The molecule has 23 heavy (non-hydrogen) atoms. The number of benzene rings is 1. The molecule has 0 bridgehead atoms. The van der Waals surface area contributed by atoms with Gasteiger partial charge in [-0.1, -0.05) is 6.08 Å². The number of carbonyl (C=O) groups excluding carboxylic acids is 2.